The van der Waals surface area contributed by atoms with Crippen LogP contribution in [0.15, 0.2) is 54.7 Å². The van der Waals surface area contributed by atoms with Crippen LogP contribution in [0.5, 0.6) is 0 Å². The highest BCUT2D eigenvalue weighted by atomic mass is 32.1. The zero-order chi connectivity index (χ0) is 19.8. The lowest BCUT2D eigenvalue weighted by atomic mass is 10.1. The molecule has 1 aliphatic heterocycles. The predicted molar refractivity (Wildman–Crippen MR) is 112 cm³/mol. The van der Waals surface area contributed by atoms with Crippen molar-refractivity contribution in [3.63, 3.8) is 0 Å². The Hall–Kier alpha value is -3.00. The molecule has 2 aromatic carbocycles. The number of piperidine rings is 1. The van der Waals surface area contributed by atoms with Crippen molar-refractivity contribution in [3.05, 3.63) is 66.4 Å². The number of nitrogens with zero attached hydrogens (tertiary/aromatic N) is 4. The van der Waals surface area contributed by atoms with Gasteiger partial charge in [-0.1, -0.05) is 23.5 Å². The average Bonchev–Trinajstić information content (AvgIpc) is 3.30. The first-order valence-corrected chi connectivity index (χ1v) is 10.4. The first-order valence-electron chi connectivity index (χ1n) is 9.54. The summed E-state index contributed by atoms with van der Waals surface area (Å²) in [6.45, 7) is 1.71. The summed E-state index contributed by atoms with van der Waals surface area (Å²) in [5, 5.41) is 8.91. The normalized spacial score (nSPS) is 15.2. The highest BCUT2D eigenvalue weighted by Crippen LogP contribution is 2.29. The molecule has 5 nitrogen and oxygen atoms in total. The molecule has 4 aromatic rings. The van der Waals surface area contributed by atoms with Crippen LogP contribution in [0, 0.1) is 11.6 Å². The van der Waals surface area contributed by atoms with Gasteiger partial charge in [0.2, 0.25) is 10.1 Å². The minimum atomic E-state index is -0.261. The number of benzene rings is 2. The van der Waals surface area contributed by atoms with Crippen molar-refractivity contribution in [2.75, 3.05) is 23.3 Å². The van der Waals surface area contributed by atoms with E-state index in [2.05, 4.69) is 20.3 Å². The molecule has 3 heterocycles. The van der Waals surface area contributed by atoms with Crippen molar-refractivity contribution >= 4 is 27.1 Å². The molecule has 1 N–H and O–H groups in total. The molecule has 8 heteroatoms. The summed E-state index contributed by atoms with van der Waals surface area (Å²) in [6.07, 6.45) is 3.70. The van der Waals surface area contributed by atoms with Crippen LogP contribution in [0.4, 0.5) is 19.6 Å². The van der Waals surface area contributed by atoms with Crippen molar-refractivity contribution in [2.45, 2.75) is 18.9 Å². The summed E-state index contributed by atoms with van der Waals surface area (Å²) in [7, 11) is 0. The lowest BCUT2D eigenvalue weighted by molar-refractivity contribution is 0.520. The van der Waals surface area contributed by atoms with E-state index in [1.807, 2.05) is 12.3 Å². The quantitative estimate of drug-likeness (QED) is 0.523. The maximum Gasteiger partial charge on any atom is 0.214 e. The Morgan fingerprint density at radius 2 is 1.76 bits per heavy atom. The molecule has 1 saturated heterocycles. The number of para-hydroxylation sites is 1. The van der Waals surface area contributed by atoms with Crippen LogP contribution < -0.4 is 10.2 Å². The minimum absolute atomic E-state index is 0.215. The van der Waals surface area contributed by atoms with Crippen molar-refractivity contribution in [1.82, 2.24) is 14.6 Å². The van der Waals surface area contributed by atoms with E-state index in [0.717, 1.165) is 47.3 Å². The second kappa shape index (κ2) is 7.44. The van der Waals surface area contributed by atoms with Gasteiger partial charge in [0.1, 0.15) is 11.6 Å². The number of halogens is 2. The fourth-order valence-electron chi connectivity index (χ4n) is 3.59. The number of aromatic nitrogens is 3. The summed E-state index contributed by atoms with van der Waals surface area (Å²) < 4.78 is 28.7. The van der Waals surface area contributed by atoms with Crippen LogP contribution in [0.1, 0.15) is 12.8 Å². The summed E-state index contributed by atoms with van der Waals surface area (Å²) >= 11 is 1.54. The largest absolute Gasteiger partial charge is 0.380 e. The fourth-order valence-corrected chi connectivity index (χ4v) is 4.53. The van der Waals surface area contributed by atoms with Crippen molar-refractivity contribution in [3.8, 4) is 11.3 Å². The first-order chi connectivity index (χ1) is 14.2. The van der Waals surface area contributed by atoms with Gasteiger partial charge >= 0.3 is 0 Å². The van der Waals surface area contributed by atoms with Crippen molar-refractivity contribution < 1.29 is 8.78 Å². The molecule has 0 amide bonds. The van der Waals surface area contributed by atoms with E-state index >= 15 is 0 Å². The third-order valence-corrected chi connectivity index (χ3v) is 6.15. The molecule has 1 fully saturated rings. The van der Waals surface area contributed by atoms with Gasteiger partial charge in [0.25, 0.3) is 0 Å². The SMILES string of the molecule is Fc1ccc(-c2cn3nc(N4CCC(Nc5ccccc5F)CC4)sc3n2)cc1. The summed E-state index contributed by atoms with van der Waals surface area (Å²) in [6, 6.07) is 13.3. The maximum atomic E-state index is 13.8. The molecule has 0 aliphatic carbocycles. The molecule has 0 unspecified atom stereocenters. The monoisotopic (exact) mass is 411 g/mol. The number of imidazole rings is 1. The Balaban J connectivity index is 1.25. The summed E-state index contributed by atoms with van der Waals surface area (Å²) in [4.78, 5) is 7.68. The topological polar surface area (TPSA) is 45.5 Å². The number of hydrogen-bond donors (Lipinski definition) is 1. The Morgan fingerprint density at radius 1 is 1.00 bits per heavy atom. The maximum absolute atomic E-state index is 13.8. The van der Waals surface area contributed by atoms with E-state index in [9.17, 15) is 8.78 Å². The van der Waals surface area contributed by atoms with Crippen molar-refractivity contribution in [2.24, 2.45) is 0 Å². The van der Waals surface area contributed by atoms with Gasteiger partial charge in [0.05, 0.1) is 17.6 Å². The molecule has 0 spiro atoms. The molecular weight excluding hydrogens is 392 g/mol. The Labute approximate surface area is 170 Å². The van der Waals surface area contributed by atoms with E-state index < -0.39 is 0 Å². The molecule has 1 aliphatic rings. The number of fused-ring (bicyclic) bond motifs is 1. The van der Waals surface area contributed by atoms with Crippen LogP contribution in [-0.4, -0.2) is 33.7 Å². The van der Waals surface area contributed by atoms with Gasteiger partial charge in [-0.15, -0.1) is 5.10 Å². The van der Waals surface area contributed by atoms with Gasteiger partial charge in [0, 0.05) is 24.7 Å². The summed E-state index contributed by atoms with van der Waals surface area (Å²) in [5.74, 6) is -0.476. The molecule has 0 bridgehead atoms. The Morgan fingerprint density at radius 3 is 2.48 bits per heavy atom. The smallest absolute Gasteiger partial charge is 0.214 e. The van der Waals surface area contributed by atoms with Crippen LogP contribution in [-0.2, 0) is 0 Å². The highest BCUT2D eigenvalue weighted by Gasteiger charge is 2.23. The molecule has 5 rings (SSSR count). The molecule has 148 valence electrons. The molecule has 0 atom stereocenters. The van der Waals surface area contributed by atoms with E-state index in [1.54, 1.807) is 40.1 Å². The fraction of sp³-hybridized carbons (Fsp3) is 0.238. The molecular formula is C21H19F2N5S. The summed E-state index contributed by atoms with van der Waals surface area (Å²) in [5.41, 5.74) is 2.21. The number of anilines is 2. The van der Waals surface area contributed by atoms with Crippen LogP contribution >= 0.6 is 11.3 Å². The predicted octanol–water partition coefficient (Wildman–Crippen LogP) is 4.82. The zero-order valence-corrected chi connectivity index (χ0v) is 16.4. The van der Waals surface area contributed by atoms with Crippen LogP contribution in [0.3, 0.4) is 0 Å². The first kappa shape index (κ1) is 18.1. The minimum Gasteiger partial charge on any atom is -0.380 e. The molecule has 0 saturated carbocycles. The lowest BCUT2D eigenvalue weighted by Gasteiger charge is -2.32. The van der Waals surface area contributed by atoms with Crippen LogP contribution in [0.25, 0.3) is 16.2 Å². The van der Waals surface area contributed by atoms with E-state index in [1.165, 1.54) is 18.2 Å². The third kappa shape index (κ3) is 3.67. The third-order valence-electron chi connectivity index (χ3n) is 5.17. The van der Waals surface area contributed by atoms with Gasteiger partial charge in [0.15, 0.2) is 0 Å². The van der Waals surface area contributed by atoms with Crippen molar-refractivity contribution in [1.29, 1.82) is 0 Å². The van der Waals surface area contributed by atoms with Gasteiger partial charge in [-0.05, 0) is 49.2 Å². The Bertz CT molecular complexity index is 1100. The lowest BCUT2D eigenvalue weighted by Crippen LogP contribution is -2.39. The van der Waals surface area contributed by atoms with E-state index in [-0.39, 0.29) is 17.7 Å². The molecule has 0 radical (unpaired) electrons. The second-order valence-electron chi connectivity index (χ2n) is 7.13. The number of rotatable bonds is 4. The average molecular weight is 411 g/mol. The van der Waals surface area contributed by atoms with E-state index in [4.69, 9.17) is 0 Å². The second-order valence-corrected chi connectivity index (χ2v) is 8.06. The Kier molecular flexibility index (Phi) is 4.63. The standard InChI is InChI=1S/C21H19F2N5S/c22-15-7-5-14(6-8-15)19-13-28-20(25-19)29-21(26-28)27-11-9-16(10-12-27)24-18-4-2-1-3-17(18)23/h1-8,13,16,24H,9-12H2. The number of hydrogen-bond acceptors (Lipinski definition) is 5. The number of nitrogens with one attached hydrogen (secondary N) is 1. The van der Waals surface area contributed by atoms with Gasteiger partial charge in [-0.2, -0.15) is 0 Å². The van der Waals surface area contributed by atoms with Gasteiger partial charge in [-0.25, -0.2) is 18.3 Å². The molecule has 29 heavy (non-hydrogen) atoms. The van der Waals surface area contributed by atoms with Gasteiger partial charge < -0.3 is 10.2 Å². The highest BCUT2D eigenvalue weighted by molar-refractivity contribution is 7.20. The van der Waals surface area contributed by atoms with E-state index in [0.29, 0.717) is 5.69 Å². The van der Waals surface area contributed by atoms with Crippen LogP contribution in [0.2, 0.25) is 0 Å². The zero-order valence-electron chi connectivity index (χ0n) is 15.6. The van der Waals surface area contributed by atoms with Gasteiger partial charge in [-0.3, -0.25) is 0 Å². The molecule has 2 aromatic heterocycles.